The molecular weight excluding hydrogens is 190 g/mol. The molecule has 4 nitrogen and oxygen atoms in total. The summed E-state index contributed by atoms with van der Waals surface area (Å²) < 4.78 is 6.84. The predicted molar refractivity (Wildman–Crippen MR) is 62.3 cm³/mol. The van der Waals surface area contributed by atoms with Crippen LogP contribution in [0, 0.1) is 0 Å². The van der Waals surface area contributed by atoms with E-state index < -0.39 is 0 Å². The number of hydrogen-bond acceptors (Lipinski definition) is 3. The van der Waals surface area contributed by atoms with E-state index in [1.807, 2.05) is 11.7 Å². The highest BCUT2D eigenvalue weighted by atomic mass is 16.5. The molecule has 4 heteroatoms. The van der Waals surface area contributed by atoms with E-state index >= 15 is 0 Å². The molecule has 0 aliphatic heterocycles. The molecule has 1 aromatic heterocycles. The van der Waals surface area contributed by atoms with Crippen LogP contribution >= 0.6 is 0 Å². The van der Waals surface area contributed by atoms with Crippen LogP contribution in [0.15, 0.2) is 6.20 Å². The zero-order valence-corrected chi connectivity index (χ0v) is 10.3. The average molecular weight is 211 g/mol. The molecule has 1 aromatic rings. The summed E-state index contributed by atoms with van der Waals surface area (Å²) in [4.78, 5) is 0. The minimum absolute atomic E-state index is 0.115. The van der Waals surface area contributed by atoms with Gasteiger partial charge in [-0.05, 0) is 5.41 Å². The lowest BCUT2D eigenvalue weighted by Gasteiger charge is -2.18. The van der Waals surface area contributed by atoms with Gasteiger partial charge in [0.15, 0.2) is 5.82 Å². The first-order chi connectivity index (χ1) is 6.95. The molecule has 0 saturated heterocycles. The predicted octanol–water partition coefficient (Wildman–Crippen LogP) is 1.78. The fraction of sp³-hybridized carbons (Fsp3) is 0.727. The Kier molecular flexibility index (Phi) is 3.74. The number of nitrogens with zero attached hydrogens (tertiary/aromatic N) is 2. The third kappa shape index (κ3) is 3.23. The summed E-state index contributed by atoms with van der Waals surface area (Å²) in [5.41, 5.74) is 1.35. The van der Waals surface area contributed by atoms with Crippen LogP contribution < -0.4 is 5.32 Å². The largest absolute Gasteiger partial charge is 0.383 e. The van der Waals surface area contributed by atoms with Gasteiger partial charge in [-0.1, -0.05) is 20.8 Å². The molecule has 0 unspecified atom stereocenters. The van der Waals surface area contributed by atoms with Gasteiger partial charge in [-0.15, -0.1) is 0 Å². The van der Waals surface area contributed by atoms with E-state index in [-0.39, 0.29) is 5.41 Å². The molecule has 0 aliphatic rings. The van der Waals surface area contributed by atoms with Gasteiger partial charge in [0.25, 0.3) is 0 Å². The van der Waals surface area contributed by atoms with Crippen LogP contribution in [0.2, 0.25) is 0 Å². The zero-order chi connectivity index (χ0) is 11.5. The van der Waals surface area contributed by atoms with Gasteiger partial charge in [-0.2, -0.15) is 5.10 Å². The molecule has 1 heterocycles. The molecule has 1 rings (SSSR count). The van der Waals surface area contributed by atoms with Gasteiger partial charge >= 0.3 is 0 Å². The number of ether oxygens (including phenoxy) is 1. The van der Waals surface area contributed by atoms with Gasteiger partial charge in [0.05, 0.1) is 6.61 Å². The molecule has 0 bridgehead atoms. The number of nitrogens with one attached hydrogen (secondary N) is 1. The number of anilines is 1. The monoisotopic (exact) mass is 211 g/mol. The van der Waals surface area contributed by atoms with Crippen LogP contribution in [-0.2, 0) is 17.2 Å². The minimum atomic E-state index is 0.115. The maximum Gasteiger partial charge on any atom is 0.151 e. The van der Waals surface area contributed by atoms with Crippen molar-refractivity contribution in [3.63, 3.8) is 0 Å². The smallest absolute Gasteiger partial charge is 0.151 e. The van der Waals surface area contributed by atoms with Crippen molar-refractivity contribution in [1.82, 2.24) is 9.78 Å². The van der Waals surface area contributed by atoms with Crippen LogP contribution in [0.4, 0.5) is 5.82 Å². The van der Waals surface area contributed by atoms with E-state index in [4.69, 9.17) is 4.74 Å². The third-order valence-electron chi connectivity index (χ3n) is 2.24. The summed E-state index contributed by atoms with van der Waals surface area (Å²) in [6.07, 6.45) is 2.06. The van der Waals surface area contributed by atoms with Crippen molar-refractivity contribution in [3.05, 3.63) is 11.8 Å². The normalized spacial score (nSPS) is 11.8. The van der Waals surface area contributed by atoms with Crippen LogP contribution in [0.1, 0.15) is 26.3 Å². The van der Waals surface area contributed by atoms with Crippen LogP contribution in [0.5, 0.6) is 0 Å². The van der Waals surface area contributed by atoms with E-state index in [2.05, 4.69) is 37.4 Å². The number of aromatic nitrogens is 2. The molecular formula is C11H21N3O. The fourth-order valence-electron chi connectivity index (χ4n) is 1.44. The van der Waals surface area contributed by atoms with Crippen molar-refractivity contribution in [3.8, 4) is 0 Å². The SMILES string of the molecule is COCCNc1nn(C)cc1C(C)(C)C. The van der Waals surface area contributed by atoms with Gasteiger partial charge in [-0.3, -0.25) is 4.68 Å². The minimum Gasteiger partial charge on any atom is -0.383 e. The highest BCUT2D eigenvalue weighted by molar-refractivity contribution is 5.46. The van der Waals surface area contributed by atoms with Crippen LogP contribution in [-0.4, -0.2) is 30.0 Å². The van der Waals surface area contributed by atoms with E-state index in [1.54, 1.807) is 7.11 Å². The van der Waals surface area contributed by atoms with Crippen molar-refractivity contribution in [2.75, 3.05) is 25.6 Å². The van der Waals surface area contributed by atoms with Gasteiger partial charge in [0.1, 0.15) is 0 Å². The standard InChI is InChI=1S/C11H21N3O/c1-11(2,3)9-8-14(4)13-10(9)12-6-7-15-5/h8H,6-7H2,1-5H3,(H,12,13). The zero-order valence-electron chi connectivity index (χ0n) is 10.3. The Balaban J connectivity index is 2.78. The summed E-state index contributed by atoms with van der Waals surface area (Å²) in [6, 6.07) is 0. The second-order valence-electron chi connectivity index (χ2n) is 4.73. The molecule has 0 aromatic carbocycles. The second-order valence-corrected chi connectivity index (χ2v) is 4.73. The van der Waals surface area contributed by atoms with E-state index in [1.165, 1.54) is 5.56 Å². The molecule has 15 heavy (non-hydrogen) atoms. The third-order valence-corrected chi connectivity index (χ3v) is 2.24. The summed E-state index contributed by atoms with van der Waals surface area (Å²) in [6.45, 7) is 8.04. The van der Waals surface area contributed by atoms with Crippen LogP contribution in [0.25, 0.3) is 0 Å². The Bertz CT molecular complexity index is 312. The Morgan fingerprint density at radius 3 is 2.67 bits per heavy atom. The first-order valence-corrected chi connectivity index (χ1v) is 5.22. The van der Waals surface area contributed by atoms with Crippen LogP contribution in [0.3, 0.4) is 0 Å². The first kappa shape index (κ1) is 12.0. The molecule has 0 atom stereocenters. The lowest BCUT2D eigenvalue weighted by Crippen LogP contribution is -2.15. The van der Waals surface area contributed by atoms with Crippen molar-refractivity contribution in [2.45, 2.75) is 26.2 Å². The Hall–Kier alpha value is -1.03. The molecule has 0 amide bonds. The maximum atomic E-state index is 5.00. The number of rotatable bonds is 4. The van der Waals surface area contributed by atoms with Crippen molar-refractivity contribution in [1.29, 1.82) is 0 Å². The molecule has 0 spiro atoms. The molecule has 0 radical (unpaired) electrons. The quantitative estimate of drug-likeness (QED) is 0.772. The summed E-state index contributed by atoms with van der Waals surface area (Å²) in [7, 11) is 3.64. The van der Waals surface area contributed by atoms with Gasteiger partial charge in [0, 0.05) is 32.5 Å². The fourth-order valence-corrected chi connectivity index (χ4v) is 1.44. The van der Waals surface area contributed by atoms with Crippen molar-refractivity contribution < 1.29 is 4.74 Å². The summed E-state index contributed by atoms with van der Waals surface area (Å²) >= 11 is 0. The van der Waals surface area contributed by atoms with E-state index in [0.717, 1.165) is 12.4 Å². The number of aryl methyl sites for hydroxylation is 1. The summed E-state index contributed by atoms with van der Waals surface area (Å²) in [5.74, 6) is 0.960. The molecule has 0 fully saturated rings. The van der Waals surface area contributed by atoms with Gasteiger partial charge in [0.2, 0.25) is 0 Å². The molecule has 1 N–H and O–H groups in total. The van der Waals surface area contributed by atoms with E-state index in [0.29, 0.717) is 6.61 Å². The first-order valence-electron chi connectivity index (χ1n) is 5.22. The number of hydrogen-bond donors (Lipinski definition) is 1. The highest BCUT2D eigenvalue weighted by Gasteiger charge is 2.20. The van der Waals surface area contributed by atoms with Gasteiger partial charge in [-0.25, -0.2) is 0 Å². The Morgan fingerprint density at radius 1 is 1.47 bits per heavy atom. The summed E-state index contributed by atoms with van der Waals surface area (Å²) in [5, 5.41) is 7.68. The lowest BCUT2D eigenvalue weighted by molar-refractivity contribution is 0.210. The Labute approximate surface area is 91.6 Å². The maximum absolute atomic E-state index is 5.00. The molecule has 0 aliphatic carbocycles. The van der Waals surface area contributed by atoms with Crippen molar-refractivity contribution >= 4 is 5.82 Å². The van der Waals surface area contributed by atoms with Gasteiger partial charge < -0.3 is 10.1 Å². The lowest BCUT2D eigenvalue weighted by atomic mass is 9.89. The second kappa shape index (κ2) is 4.66. The highest BCUT2D eigenvalue weighted by Crippen LogP contribution is 2.27. The van der Waals surface area contributed by atoms with Crippen molar-refractivity contribution in [2.24, 2.45) is 7.05 Å². The average Bonchev–Trinajstić information content (AvgIpc) is 2.47. The topological polar surface area (TPSA) is 39.1 Å². The Morgan fingerprint density at radius 2 is 2.13 bits per heavy atom. The molecule has 86 valence electrons. The number of methoxy groups -OCH3 is 1. The van der Waals surface area contributed by atoms with E-state index in [9.17, 15) is 0 Å². The molecule has 0 saturated carbocycles.